The number of carbonyl (C=O) groups excluding carboxylic acids is 1. The summed E-state index contributed by atoms with van der Waals surface area (Å²) in [6, 6.07) is 7.69. The molecule has 0 atom stereocenters. The highest BCUT2D eigenvalue weighted by molar-refractivity contribution is 8.01. The number of aromatic nitrogens is 2. The maximum absolute atomic E-state index is 11.9. The average molecular weight is 335 g/mol. The molecular formula is C15H17N3O2S2. The number of rotatable bonds is 6. The van der Waals surface area contributed by atoms with E-state index in [1.807, 2.05) is 24.3 Å². The van der Waals surface area contributed by atoms with Crippen molar-refractivity contribution in [3.8, 4) is 0 Å². The zero-order valence-corrected chi connectivity index (χ0v) is 13.7. The summed E-state index contributed by atoms with van der Waals surface area (Å²) in [6.07, 6.45) is 4.83. The van der Waals surface area contributed by atoms with Gasteiger partial charge in [-0.15, -0.1) is 10.2 Å². The van der Waals surface area contributed by atoms with E-state index < -0.39 is 0 Å². The van der Waals surface area contributed by atoms with E-state index in [0.717, 1.165) is 27.8 Å². The molecule has 2 aromatic rings. The number of hydrogen-bond acceptors (Lipinski definition) is 6. The van der Waals surface area contributed by atoms with Crippen molar-refractivity contribution in [2.45, 2.75) is 41.0 Å². The molecule has 1 heterocycles. The Morgan fingerprint density at radius 1 is 1.32 bits per heavy atom. The van der Waals surface area contributed by atoms with E-state index in [9.17, 15) is 4.79 Å². The van der Waals surface area contributed by atoms with Crippen LogP contribution < -0.4 is 5.32 Å². The van der Waals surface area contributed by atoms with Gasteiger partial charge in [-0.1, -0.05) is 35.9 Å². The number of anilines is 1. The van der Waals surface area contributed by atoms with Gasteiger partial charge in [0.2, 0.25) is 5.91 Å². The van der Waals surface area contributed by atoms with Crippen LogP contribution in [0.5, 0.6) is 0 Å². The lowest BCUT2D eigenvalue weighted by molar-refractivity contribution is -0.122. The van der Waals surface area contributed by atoms with E-state index in [4.69, 9.17) is 4.74 Å². The number of nitrogens with zero attached hydrogens (tertiary/aromatic N) is 2. The highest BCUT2D eigenvalue weighted by Crippen LogP contribution is 2.29. The maximum atomic E-state index is 11.9. The molecule has 0 saturated heterocycles. The molecule has 116 valence electrons. The molecular weight excluding hydrogens is 318 g/mol. The van der Waals surface area contributed by atoms with Crippen LogP contribution in [0.1, 0.15) is 25.7 Å². The molecule has 7 heteroatoms. The van der Waals surface area contributed by atoms with Crippen molar-refractivity contribution in [1.29, 1.82) is 0 Å². The van der Waals surface area contributed by atoms with E-state index in [1.165, 1.54) is 24.2 Å². The van der Waals surface area contributed by atoms with Crippen LogP contribution in [-0.2, 0) is 9.53 Å². The van der Waals surface area contributed by atoms with Gasteiger partial charge in [-0.25, -0.2) is 0 Å². The largest absolute Gasteiger partial charge is 0.368 e. The lowest BCUT2D eigenvalue weighted by Crippen LogP contribution is -2.21. The number of benzene rings is 1. The highest BCUT2D eigenvalue weighted by Gasteiger charge is 2.16. The summed E-state index contributed by atoms with van der Waals surface area (Å²) >= 11 is 3.06. The lowest BCUT2D eigenvalue weighted by Gasteiger charge is -2.11. The molecule has 0 bridgehead atoms. The molecule has 1 N–H and O–H groups in total. The third-order valence-electron chi connectivity index (χ3n) is 3.44. The second-order valence-corrected chi connectivity index (χ2v) is 7.25. The molecule has 1 aromatic heterocycles. The summed E-state index contributed by atoms with van der Waals surface area (Å²) in [7, 11) is 0. The van der Waals surface area contributed by atoms with Crippen LogP contribution in [0.4, 0.5) is 5.69 Å². The first kappa shape index (κ1) is 15.5. The first-order chi connectivity index (χ1) is 10.8. The molecule has 0 unspecified atom stereocenters. The van der Waals surface area contributed by atoms with Crippen LogP contribution in [0.15, 0.2) is 39.0 Å². The first-order valence-electron chi connectivity index (χ1n) is 7.25. The third-order valence-corrected chi connectivity index (χ3v) is 5.22. The number of amides is 1. The summed E-state index contributed by atoms with van der Waals surface area (Å²) in [6.45, 7) is 0.131. The molecule has 1 aliphatic rings. The summed E-state index contributed by atoms with van der Waals surface area (Å²) in [5.41, 5.74) is 2.49. The van der Waals surface area contributed by atoms with Crippen LogP contribution >= 0.6 is 23.1 Å². The van der Waals surface area contributed by atoms with Crippen molar-refractivity contribution in [3.05, 3.63) is 29.8 Å². The minimum absolute atomic E-state index is 0.101. The minimum Gasteiger partial charge on any atom is -0.368 e. The van der Waals surface area contributed by atoms with E-state index in [2.05, 4.69) is 15.5 Å². The van der Waals surface area contributed by atoms with Crippen molar-refractivity contribution in [2.24, 2.45) is 0 Å². The fraction of sp³-hybridized carbons (Fsp3) is 0.400. The first-order valence-corrected chi connectivity index (χ1v) is 8.95. The second kappa shape index (κ2) is 7.71. The summed E-state index contributed by atoms with van der Waals surface area (Å²) in [4.78, 5) is 12.9. The van der Waals surface area contributed by atoms with E-state index in [0.29, 0.717) is 0 Å². The van der Waals surface area contributed by atoms with Gasteiger partial charge in [0, 0.05) is 10.6 Å². The van der Waals surface area contributed by atoms with Crippen LogP contribution in [0.3, 0.4) is 0 Å². The third kappa shape index (κ3) is 4.53. The Labute approximate surface area is 137 Å². The Morgan fingerprint density at radius 2 is 2.09 bits per heavy atom. The molecule has 1 saturated carbocycles. The summed E-state index contributed by atoms with van der Waals surface area (Å²) in [5.74, 6) is -0.101. The van der Waals surface area contributed by atoms with E-state index in [-0.39, 0.29) is 18.6 Å². The molecule has 0 spiro atoms. The Kier molecular flexibility index (Phi) is 5.42. The smallest absolute Gasteiger partial charge is 0.250 e. The van der Waals surface area contributed by atoms with E-state index in [1.54, 1.807) is 17.3 Å². The SMILES string of the molecule is O=C(COC1CCCC1)Nc1ccc(Sc2nncs2)cc1. The van der Waals surface area contributed by atoms with Crippen molar-refractivity contribution in [2.75, 3.05) is 11.9 Å². The van der Waals surface area contributed by atoms with Gasteiger partial charge in [0.1, 0.15) is 12.1 Å². The van der Waals surface area contributed by atoms with Crippen LogP contribution in [-0.4, -0.2) is 28.8 Å². The van der Waals surface area contributed by atoms with Crippen LogP contribution in [0, 0.1) is 0 Å². The Bertz CT molecular complexity index is 596. The van der Waals surface area contributed by atoms with Gasteiger partial charge in [0.15, 0.2) is 4.34 Å². The van der Waals surface area contributed by atoms with Gasteiger partial charge in [0.25, 0.3) is 0 Å². The Hall–Kier alpha value is -1.44. The molecule has 5 nitrogen and oxygen atoms in total. The molecule has 0 aliphatic heterocycles. The topological polar surface area (TPSA) is 64.1 Å². The summed E-state index contributed by atoms with van der Waals surface area (Å²) < 4.78 is 6.51. The number of nitrogens with one attached hydrogen (secondary N) is 1. The van der Waals surface area contributed by atoms with Crippen LogP contribution in [0.2, 0.25) is 0 Å². The molecule has 3 rings (SSSR count). The zero-order chi connectivity index (χ0) is 15.2. The van der Waals surface area contributed by atoms with Crippen molar-refractivity contribution >= 4 is 34.7 Å². The summed E-state index contributed by atoms with van der Waals surface area (Å²) in [5, 5.41) is 10.6. The molecule has 1 aliphatic carbocycles. The van der Waals surface area contributed by atoms with Gasteiger partial charge < -0.3 is 10.1 Å². The molecule has 1 amide bonds. The average Bonchev–Trinajstić information content (AvgIpc) is 3.20. The molecule has 1 fully saturated rings. The Morgan fingerprint density at radius 3 is 2.77 bits per heavy atom. The standard InChI is InChI=1S/C15H17N3O2S2/c19-14(9-20-12-3-1-2-4-12)17-11-5-7-13(8-6-11)22-15-18-16-10-21-15/h5-8,10,12H,1-4,9H2,(H,17,19). The maximum Gasteiger partial charge on any atom is 0.250 e. The second-order valence-electron chi connectivity index (χ2n) is 5.10. The fourth-order valence-electron chi connectivity index (χ4n) is 2.36. The number of carbonyl (C=O) groups is 1. The number of hydrogen-bond donors (Lipinski definition) is 1. The molecule has 22 heavy (non-hydrogen) atoms. The normalized spacial score (nSPS) is 15.1. The van der Waals surface area contributed by atoms with Gasteiger partial charge in [-0.05, 0) is 37.1 Å². The predicted octanol–water partition coefficient (Wildman–Crippen LogP) is 3.59. The highest BCUT2D eigenvalue weighted by atomic mass is 32.2. The molecule has 0 radical (unpaired) electrons. The van der Waals surface area contributed by atoms with Crippen LogP contribution in [0.25, 0.3) is 0 Å². The minimum atomic E-state index is -0.101. The van der Waals surface area contributed by atoms with Gasteiger partial charge >= 0.3 is 0 Å². The van der Waals surface area contributed by atoms with Gasteiger partial charge in [-0.2, -0.15) is 0 Å². The van der Waals surface area contributed by atoms with Crippen molar-refractivity contribution in [3.63, 3.8) is 0 Å². The zero-order valence-electron chi connectivity index (χ0n) is 12.0. The van der Waals surface area contributed by atoms with Crippen molar-refractivity contribution in [1.82, 2.24) is 10.2 Å². The quantitative estimate of drug-likeness (QED) is 0.874. The predicted molar refractivity (Wildman–Crippen MR) is 87.3 cm³/mol. The number of ether oxygens (including phenoxy) is 1. The monoisotopic (exact) mass is 335 g/mol. The van der Waals surface area contributed by atoms with Gasteiger partial charge in [0.05, 0.1) is 6.10 Å². The van der Waals surface area contributed by atoms with E-state index >= 15 is 0 Å². The van der Waals surface area contributed by atoms with Gasteiger partial charge in [-0.3, -0.25) is 4.79 Å². The molecule has 1 aromatic carbocycles. The Balaban J connectivity index is 1.46. The van der Waals surface area contributed by atoms with Crippen molar-refractivity contribution < 1.29 is 9.53 Å². The fourth-order valence-corrected chi connectivity index (χ4v) is 3.81. The lowest BCUT2D eigenvalue weighted by atomic mass is 10.3.